The molecule has 6 rings (SSSR count). The Morgan fingerprint density at radius 2 is 1.02 bits per heavy atom. The molecule has 0 aliphatic carbocycles. The van der Waals surface area contributed by atoms with E-state index >= 15 is 0 Å². The number of aromatic amines is 2. The van der Waals surface area contributed by atoms with Gasteiger partial charge in [0, 0.05) is 36.3 Å². The fourth-order valence-electron chi connectivity index (χ4n) is 5.11. The first kappa shape index (κ1) is 27.8. The minimum atomic E-state index is 0.689. The number of imidazole rings is 2. The average molecular weight is 563 g/mol. The Bertz CT molecular complexity index is 1690. The summed E-state index contributed by atoms with van der Waals surface area (Å²) in [4.78, 5) is 21.0. The zero-order valence-electron chi connectivity index (χ0n) is 24.8. The SMILES string of the molecule is CN(C)CCCOc1ccc2[nH]c(-c3ccc4cc(-c5nc6cc(OCCCN(C)C)ccc6[nH]5)ccc4c3)nc2c1. The molecule has 0 aliphatic rings. The zero-order chi connectivity index (χ0) is 29.1. The van der Waals surface area contributed by atoms with Gasteiger partial charge < -0.3 is 29.2 Å². The number of nitrogens with zero attached hydrogens (tertiary/aromatic N) is 4. The van der Waals surface area contributed by atoms with Gasteiger partial charge in [0.15, 0.2) is 0 Å². The number of hydrogen-bond acceptors (Lipinski definition) is 6. The Morgan fingerprint density at radius 3 is 1.45 bits per heavy atom. The molecule has 0 fully saturated rings. The van der Waals surface area contributed by atoms with Crippen molar-refractivity contribution in [3.8, 4) is 34.3 Å². The van der Waals surface area contributed by atoms with E-state index in [1.807, 2.05) is 36.4 Å². The standard InChI is InChI=1S/C34H38N6O2/c1-39(2)15-5-17-41-27-11-13-29-31(21-27)37-33(35-29)25-9-7-24-20-26(10-8-23(24)19-25)34-36-30-14-12-28(22-32(30)38-34)42-18-6-16-40(3)4/h7-14,19-22H,5-6,15-18H2,1-4H3,(H,35,37)(H,36,38). The molecule has 0 unspecified atom stereocenters. The van der Waals surface area contributed by atoms with Gasteiger partial charge in [-0.25, -0.2) is 9.97 Å². The van der Waals surface area contributed by atoms with Crippen LogP contribution in [0, 0.1) is 0 Å². The molecule has 8 heteroatoms. The van der Waals surface area contributed by atoms with Crippen LogP contribution >= 0.6 is 0 Å². The van der Waals surface area contributed by atoms with Crippen molar-refractivity contribution in [3.63, 3.8) is 0 Å². The Balaban J connectivity index is 1.17. The highest BCUT2D eigenvalue weighted by molar-refractivity contribution is 5.91. The highest BCUT2D eigenvalue weighted by Crippen LogP contribution is 2.30. The fourth-order valence-corrected chi connectivity index (χ4v) is 5.11. The molecule has 2 aromatic heterocycles. The maximum Gasteiger partial charge on any atom is 0.138 e. The Labute approximate surface area is 246 Å². The third-order valence-corrected chi connectivity index (χ3v) is 7.33. The summed E-state index contributed by atoms with van der Waals surface area (Å²) in [7, 11) is 8.29. The summed E-state index contributed by atoms with van der Waals surface area (Å²) in [6.45, 7) is 3.39. The highest BCUT2D eigenvalue weighted by atomic mass is 16.5. The lowest BCUT2D eigenvalue weighted by atomic mass is 10.0. The lowest BCUT2D eigenvalue weighted by molar-refractivity contribution is 0.282. The van der Waals surface area contributed by atoms with Crippen LogP contribution in [-0.4, -0.2) is 84.2 Å². The van der Waals surface area contributed by atoms with E-state index in [1.165, 1.54) is 0 Å². The van der Waals surface area contributed by atoms with Crippen molar-refractivity contribution in [2.75, 3.05) is 54.5 Å². The van der Waals surface area contributed by atoms with Crippen molar-refractivity contribution >= 4 is 32.8 Å². The number of aromatic nitrogens is 4. The highest BCUT2D eigenvalue weighted by Gasteiger charge is 2.11. The Morgan fingerprint density at radius 1 is 0.571 bits per heavy atom. The molecule has 8 nitrogen and oxygen atoms in total. The van der Waals surface area contributed by atoms with E-state index in [0.29, 0.717) is 13.2 Å². The van der Waals surface area contributed by atoms with Gasteiger partial charge in [0.2, 0.25) is 0 Å². The van der Waals surface area contributed by atoms with Gasteiger partial charge in [-0.2, -0.15) is 0 Å². The fraction of sp³-hybridized carbons (Fsp3) is 0.294. The third-order valence-electron chi connectivity index (χ3n) is 7.33. The second-order valence-electron chi connectivity index (χ2n) is 11.3. The molecule has 0 bridgehead atoms. The first-order valence-corrected chi connectivity index (χ1v) is 14.5. The average Bonchev–Trinajstić information content (AvgIpc) is 3.61. The molecule has 0 saturated heterocycles. The van der Waals surface area contributed by atoms with E-state index < -0.39 is 0 Å². The third kappa shape index (κ3) is 6.40. The molecule has 0 atom stereocenters. The van der Waals surface area contributed by atoms with Crippen LogP contribution in [0.5, 0.6) is 11.5 Å². The van der Waals surface area contributed by atoms with Gasteiger partial charge in [0.1, 0.15) is 23.1 Å². The van der Waals surface area contributed by atoms with E-state index in [2.05, 4.69) is 84.4 Å². The minimum absolute atomic E-state index is 0.689. The van der Waals surface area contributed by atoms with Crippen LogP contribution in [0.3, 0.4) is 0 Å². The molecule has 0 radical (unpaired) electrons. The predicted molar refractivity (Wildman–Crippen MR) is 171 cm³/mol. The van der Waals surface area contributed by atoms with E-state index in [-0.39, 0.29) is 0 Å². The predicted octanol–water partition coefficient (Wildman–Crippen LogP) is 6.59. The lowest BCUT2D eigenvalue weighted by Gasteiger charge is -2.10. The maximum absolute atomic E-state index is 5.94. The Kier molecular flexibility index (Phi) is 8.08. The minimum Gasteiger partial charge on any atom is -0.493 e. The van der Waals surface area contributed by atoms with Gasteiger partial charge in [-0.15, -0.1) is 0 Å². The quantitative estimate of drug-likeness (QED) is 0.164. The summed E-state index contributed by atoms with van der Waals surface area (Å²) in [5.74, 6) is 3.38. The number of nitrogens with one attached hydrogen (secondary N) is 2. The van der Waals surface area contributed by atoms with E-state index in [9.17, 15) is 0 Å². The van der Waals surface area contributed by atoms with Gasteiger partial charge in [0.25, 0.3) is 0 Å². The number of fused-ring (bicyclic) bond motifs is 3. The summed E-state index contributed by atoms with van der Waals surface area (Å²) < 4.78 is 11.9. The molecule has 4 aromatic carbocycles. The number of benzene rings is 4. The second kappa shape index (κ2) is 12.2. The van der Waals surface area contributed by atoms with Crippen LogP contribution < -0.4 is 9.47 Å². The molecule has 2 heterocycles. The molecule has 0 amide bonds. The summed E-state index contributed by atoms with van der Waals surface area (Å²) >= 11 is 0. The lowest BCUT2D eigenvalue weighted by Crippen LogP contribution is -2.15. The molecule has 0 spiro atoms. The van der Waals surface area contributed by atoms with Crippen molar-refractivity contribution in [2.45, 2.75) is 12.8 Å². The van der Waals surface area contributed by atoms with E-state index in [0.717, 1.165) is 93.0 Å². The van der Waals surface area contributed by atoms with Crippen LogP contribution in [0.4, 0.5) is 0 Å². The van der Waals surface area contributed by atoms with Crippen molar-refractivity contribution in [1.82, 2.24) is 29.7 Å². The largest absolute Gasteiger partial charge is 0.493 e. The first-order chi connectivity index (χ1) is 20.4. The van der Waals surface area contributed by atoms with Gasteiger partial charge in [-0.05, 0) is 88.2 Å². The van der Waals surface area contributed by atoms with Gasteiger partial charge in [-0.3, -0.25) is 0 Å². The van der Waals surface area contributed by atoms with Crippen molar-refractivity contribution < 1.29 is 9.47 Å². The van der Waals surface area contributed by atoms with Crippen LogP contribution in [0.15, 0.2) is 72.8 Å². The van der Waals surface area contributed by atoms with Crippen molar-refractivity contribution in [3.05, 3.63) is 72.8 Å². The number of hydrogen-bond donors (Lipinski definition) is 2. The summed E-state index contributed by atoms with van der Waals surface area (Å²) in [6.07, 6.45) is 1.97. The van der Waals surface area contributed by atoms with Crippen LogP contribution in [0.1, 0.15) is 12.8 Å². The smallest absolute Gasteiger partial charge is 0.138 e. The van der Waals surface area contributed by atoms with Crippen molar-refractivity contribution in [2.24, 2.45) is 0 Å². The van der Waals surface area contributed by atoms with Crippen LogP contribution in [0.25, 0.3) is 55.6 Å². The molecule has 216 valence electrons. The second-order valence-corrected chi connectivity index (χ2v) is 11.3. The molecule has 6 aromatic rings. The van der Waals surface area contributed by atoms with Crippen molar-refractivity contribution in [1.29, 1.82) is 0 Å². The normalized spacial score (nSPS) is 11.9. The topological polar surface area (TPSA) is 82.3 Å². The van der Waals surface area contributed by atoms with Gasteiger partial charge in [-0.1, -0.05) is 24.3 Å². The monoisotopic (exact) mass is 562 g/mol. The molecular weight excluding hydrogens is 524 g/mol. The summed E-state index contributed by atoms with van der Waals surface area (Å²) in [6, 6.07) is 24.9. The van der Waals surface area contributed by atoms with Gasteiger partial charge >= 0.3 is 0 Å². The van der Waals surface area contributed by atoms with Crippen LogP contribution in [0.2, 0.25) is 0 Å². The molecular formula is C34H38N6O2. The zero-order valence-corrected chi connectivity index (χ0v) is 24.8. The first-order valence-electron chi connectivity index (χ1n) is 14.5. The summed E-state index contributed by atoms with van der Waals surface area (Å²) in [5.41, 5.74) is 5.87. The number of H-pyrrole nitrogens is 2. The van der Waals surface area contributed by atoms with Crippen LogP contribution in [-0.2, 0) is 0 Å². The Hall–Kier alpha value is -4.40. The number of rotatable bonds is 12. The number of ether oxygens (including phenoxy) is 2. The summed E-state index contributed by atoms with van der Waals surface area (Å²) in [5, 5.41) is 2.29. The molecule has 0 aliphatic heterocycles. The molecule has 0 saturated carbocycles. The molecule has 42 heavy (non-hydrogen) atoms. The van der Waals surface area contributed by atoms with Gasteiger partial charge in [0.05, 0.1) is 35.3 Å². The van der Waals surface area contributed by atoms with E-state index in [1.54, 1.807) is 0 Å². The maximum atomic E-state index is 5.94. The molecule has 2 N–H and O–H groups in total. The van der Waals surface area contributed by atoms with E-state index in [4.69, 9.17) is 19.4 Å².